The summed E-state index contributed by atoms with van der Waals surface area (Å²) in [6, 6.07) is 28.1. The van der Waals surface area contributed by atoms with E-state index < -0.39 is 11.8 Å². The van der Waals surface area contributed by atoms with Gasteiger partial charge in [0.2, 0.25) is 0 Å². The monoisotopic (exact) mass is 417 g/mol. The number of aromatic nitrogens is 4. The van der Waals surface area contributed by atoms with Crippen LogP contribution in [0.4, 0.5) is 5.95 Å². The molecule has 5 aromatic rings. The van der Waals surface area contributed by atoms with Gasteiger partial charge < -0.3 is 0 Å². The van der Waals surface area contributed by atoms with Crippen LogP contribution in [0.25, 0.3) is 28.3 Å². The van der Waals surface area contributed by atoms with E-state index in [2.05, 4.69) is 15.1 Å². The Morgan fingerprint density at radius 3 is 1.81 bits per heavy atom. The lowest BCUT2D eigenvalue weighted by Crippen LogP contribution is -2.30. The number of hydrogen-bond acceptors (Lipinski definition) is 5. The molecule has 0 fully saturated rings. The van der Waals surface area contributed by atoms with E-state index >= 15 is 0 Å². The molecule has 152 valence electrons. The second-order valence-corrected chi connectivity index (χ2v) is 7.37. The molecule has 7 nitrogen and oxygen atoms in total. The van der Waals surface area contributed by atoms with Gasteiger partial charge in [-0.3, -0.25) is 9.59 Å². The molecule has 0 saturated heterocycles. The van der Waals surface area contributed by atoms with Crippen molar-refractivity contribution in [3.63, 3.8) is 0 Å². The lowest BCUT2D eigenvalue weighted by atomic mass is 10.1. The molecule has 32 heavy (non-hydrogen) atoms. The van der Waals surface area contributed by atoms with E-state index in [0.29, 0.717) is 16.9 Å². The van der Waals surface area contributed by atoms with Crippen LogP contribution in [0.1, 0.15) is 20.7 Å². The van der Waals surface area contributed by atoms with E-state index in [4.69, 9.17) is 0 Å². The van der Waals surface area contributed by atoms with Gasteiger partial charge in [0.15, 0.2) is 0 Å². The third-order valence-corrected chi connectivity index (χ3v) is 5.43. The maximum absolute atomic E-state index is 12.9. The van der Waals surface area contributed by atoms with Crippen LogP contribution in [0.2, 0.25) is 0 Å². The molecule has 0 spiro atoms. The molecule has 1 aliphatic heterocycles. The SMILES string of the molecule is O=C1c2ccccc2C(=O)N1c1nc2nc(-c3ccccc3)cc(-c3ccccc3)n2n1. The Morgan fingerprint density at radius 2 is 1.19 bits per heavy atom. The smallest absolute Gasteiger partial charge is 0.268 e. The van der Waals surface area contributed by atoms with Crippen LogP contribution >= 0.6 is 0 Å². The lowest BCUT2D eigenvalue weighted by molar-refractivity contribution is 0.0924. The second kappa shape index (κ2) is 6.95. The summed E-state index contributed by atoms with van der Waals surface area (Å²) in [5.74, 6) is -0.569. The van der Waals surface area contributed by atoms with E-state index in [-0.39, 0.29) is 5.95 Å². The van der Waals surface area contributed by atoms with Gasteiger partial charge in [0.05, 0.1) is 22.5 Å². The number of nitrogens with zero attached hydrogens (tertiary/aromatic N) is 5. The van der Waals surface area contributed by atoms with Gasteiger partial charge >= 0.3 is 0 Å². The van der Waals surface area contributed by atoms with E-state index in [1.807, 2.05) is 66.7 Å². The second-order valence-electron chi connectivity index (χ2n) is 7.37. The molecule has 0 saturated carbocycles. The first-order chi connectivity index (χ1) is 15.7. The van der Waals surface area contributed by atoms with E-state index in [0.717, 1.165) is 27.4 Å². The first-order valence-corrected chi connectivity index (χ1v) is 10.1. The summed E-state index contributed by atoms with van der Waals surface area (Å²) in [4.78, 5) is 36.0. The van der Waals surface area contributed by atoms with Crippen molar-refractivity contribution in [2.24, 2.45) is 0 Å². The minimum absolute atomic E-state index is 0.00564. The number of carbonyl (C=O) groups excluding carboxylic acids is 2. The number of amides is 2. The minimum atomic E-state index is -0.439. The van der Waals surface area contributed by atoms with Crippen molar-refractivity contribution in [3.8, 4) is 22.5 Å². The number of benzene rings is 3. The average Bonchev–Trinajstić information content (AvgIpc) is 3.38. The summed E-state index contributed by atoms with van der Waals surface area (Å²) in [5, 5.41) is 4.52. The zero-order valence-electron chi connectivity index (χ0n) is 16.7. The van der Waals surface area contributed by atoms with Crippen LogP contribution in [0, 0.1) is 0 Å². The van der Waals surface area contributed by atoms with Gasteiger partial charge in [0.25, 0.3) is 23.5 Å². The van der Waals surface area contributed by atoms with Crippen LogP contribution in [0.3, 0.4) is 0 Å². The van der Waals surface area contributed by atoms with Crippen molar-refractivity contribution in [2.75, 3.05) is 4.90 Å². The Kier molecular flexibility index (Phi) is 3.94. The van der Waals surface area contributed by atoms with Crippen LogP contribution in [0.15, 0.2) is 91.0 Å². The quantitative estimate of drug-likeness (QED) is 0.410. The zero-order chi connectivity index (χ0) is 21.7. The minimum Gasteiger partial charge on any atom is -0.268 e. The number of fused-ring (bicyclic) bond motifs is 2. The van der Waals surface area contributed by atoms with Crippen molar-refractivity contribution >= 4 is 23.5 Å². The summed E-state index contributed by atoms with van der Waals surface area (Å²) in [7, 11) is 0. The third kappa shape index (κ3) is 2.72. The Morgan fingerprint density at radius 1 is 0.625 bits per heavy atom. The van der Waals surface area contributed by atoms with Gasteiger partial charge in [-0.25, -0.2) is 9.88 Å². The molecule has 3 aromatic carbocycles. The maximum atomic E-state index is 12.9. The molecule has 1 aliphatic rings. The van der Waals surface area contributed by atoms with E-state index in [9.17, 15) is 9.59 Å². The molecule has 0 N–H and O–H groups in total. The Labute approximate surface area is 182 Å². The topological polar surface area (TPSA) is 80.5 Å². The molecule has 2 aromatic heterocycles. The van der Waals surface area contributed by atoms with Crippen LogP contribution in [-0.4, -0.2) is 31.4 Å². The molecular weight excluding hydrogens is 402 g/mol. The summed E-state index contributed by atoms with van der Waals surface area (Å²) >= 11 is 0. The van der Waals surface area contributed by atoms with Crippen molar-refractivity contribution in [1.29, 1.82) is 0 Å². The molecule has 0 aliphatic carbocycles. The zero-order valence-corrected chi connectivity index (χ0v) is 16.7. The lowest BCUT2D eigenvalue weighted by Gasteiger charge is -2.08. The fraction of sp³-hybridized carbons (Fsp3) is 0. The fourth-order valence-electron chi connectivity index (χ4n) is 3.89. The van der Waals surface area contributed by atoms with Crippen LogP contribution in [0.5, 0.6) is 0 Å². The van der Waals surface area contributed by atoms with Crippen molar-refractivity contribution in [2.45, 2.75) is 0 Å². The first-order valence-electron chi connectivity index (χ1n) is 10.1. The number of imide groups is 1. The summed E-state index contributed by atoms with van der Waals surface area (Å²) < 4.78 is 1.57. The highest BCUT2D eigenvalue weighted by molar-refractivity contribution is 6.33. The number of anilines is 1. The predicted octanol–water partition coefficient (Wildman–Crippen LogP) is 4.26. The molecule has 2 amide bonds. The summed E-state index contributed by atoms with van der Waals surface area (Å²) in [6.45, 7) is 0. The van der Waals surface area contributed by atoms with Crippen LogP contribution in [-0.2, 0) is 0 Å². The normalized spacial score (nSPS) is 13.1. The van der Waals surface area contributed by atoms with Crippen molar-refractivity contribution in [1.82, 2.24) is 19.6 Å². The summed E-state index contributed by atoms with van der Waals surface area (Å²) in [5.41, 5.74) is 4.01. The summed E-state index contributed by atoms with van der Waals surface area (Å²) in [6.07, 6.45) is 0. The molecular formula is C25H15N5O2. The van der Waals surface area contributed by atoms with Gasteiger partial charge in [-0.15, -0.1) is 5.10 Å². The highest BCUT2D eigenvalue weighted by Gasteiger charge is 2.39. The molecule has 3 heterocycles. The number of carbonyl (C=O) groups is 2. The molecule has 0 atom stereocenters. The van der Waals surface area contributed by atoms with E-state index in [1.165, 1.54) is 0 Å². The molecule has 0 bridgehead atoms. The Hall–Kier alpha value is -4.65. The predicted molar refractivity (Wildman–Crippen MR) is 119 cm³/mol. The fourth-order valence-corrected chi connectivity index (χ4v) is 3.89. The highest BCUT2D eigenvalue weighted by Crippen LogP contribution is 2.29. The van der Waals surface area contributed by atoms with Gasteiger partial charge in [0.1, 0.15) is 0 Å². The first kappa shape index (κ1) is 18.1. The van der Waals surface area contributed by atoms with Gasteiger partial charge in [0, 0.05) is 11.1 Å². The molecule has 7 heteroatoms. The van der Waals surface area contributed by atoms with Gasteiger partial charge in [-0.1, -0.05) is 72.8 Å². The standard InChI is InChI=1S/C25H15N5O2/c31-22-18-13-7-8-14-19(18)23(32)29(22)25-27-24-26-20(16-9-3-1-4-10-16)15-21(30(24)28-25)17-11-5-2-6-12-17/h1-15H. The molecule has 6 rings (SSSR count). The molecule has 0 radical (unpaired) electrons. The number of hydrogen-bond donors (Lipinski definition) is 0. The van der Waals surface area contributed by atoms with Crippen molar-refractivity contribution in [3.05, 3.63) is 102 Å². The number of rotatable bonds is 3. The molecule has 0 unspecified atom stereocenters. The van der Waals surface area contributed by atoms with Crippen LogP contribution < -0.4 is 4.90 Å². The average molecular weight is 417 g/mol. The maximum Gasteiger partial charge on any atom is 0.268 e. The third-order valence-electron chi connectivity index (χ3n) is 5.43. The largest absolute Gasteiger partial charge is 0.268 e. The Bertz CT molecular complexity index is 1470. The highest BCUT2D eigenvalue weighted by atomic mass is 16.2. The van der Waals surface area contributed by atoms with Gasteiger partial charge in [-0.05, 0) is 18.2 Å². The van der Waals surface area contributed by atoms with Crippen molar-refractivity contribution < 1.29 is 9.59 Å². The van der Waals surface area contributed by atoms with Gasteiger partial charge in [-0.2, -0.15) is 9.50 Å². The Balaban J connectivity index is 1.56. The van der Waals surface area contributed by atoms with E-state index in [1.54, 1.807) is 28.8 Å².